The van der Waals surface area contributed by atoms with Gasteiger partial charge in [-0.3, -0.25) is 10.1 Å². The summed E-state index contributed by atoms with van der Waals surface area (Å²) < 4.78 is 38.1. The molecule has 0 atom stereocenters. The Bertz CT molecular complexity index is 1160. The number of sulfonamides is 1. The van der Waals surface area contributed by atoms with Gasteiger partial charge in [0.1, 0.15) is 5.76 Å². The lowest BCUT2D eigenvalue weighted by Gasteiger charge is -2.20. The monoisotopic (exact) mass is 438 g/mol. The van der Waals surface area contributed by atoms with Gasteiger partial charge in [0.15, 0.2) is 0 Å². The van der Waals surface area contributed by atoms with Crippen molar-refractivity contribution in [2.45, 2.75) is 48.2 Å². The van der Waals surface area contributed by atoms with E-state index in [0.29, 0.717) is 11.3 Å². The number of aryl methyl sites for hydroxylation is 1. The molecule has 0 aliphatic rings. The van der Waals surface area contributed by atoms with Gasteiger partial charge in [-0.1, -0.05) is 0 Å². The summed E-state index contributed by atoms with van der Waals surface area (Å²) in [6.07, 6.45) is 1.48. The summed E-state index contributed by atoms with van der Waals surface area (Å²) in [5, 5.41) is 19.4. The highest BCUT2D eigenvalue weighted by atomic mass is 32.2. The van der Waals surface area contributed by atoms with Crippen LogP contribution in [0.15, 0.2) is 54.4 Å². The van der Waals surface area contributed by atoms with E-state index in [1.54, 1.807) is 33.8 Å². The Balaban J connectivity index is 1.92. The lowest BCUT2D eigenvalue weighted by Crippen LogP contribution is -2.40. The summed E-state index contributed by atoms with van der Waals surface area (Å²) in [5.74, 6) is 0.812. The van der Waals surface area contributed by atoms with Gasteiger partial charge in [-0.05, 0) is 57.7 Å². The van der Waals surface area contributed by atoms with Crippen LogP contribution in [0.2, 0.25) is 0 Å². The number of hydrogen-bond donors (Lipinski definition) is 1. The molecular formula is C17H18N4O6S2. The predicted molar refractivity (Wildman–Crippen MR) is 104 cm³/mol. The maximum Gasteiger partial charge on any atom is 0.284 e. The first-order valence-electron chi connectivity index (χ1n) is 8.34. The molecule has 0 bridgehead atoms. The number of nitro benzene ring substituents is 1. The Morgan fingerprint density at radius 1 is 1.21 bits per heavy atom. The van der Waals surface area contributed by atoms with Crippen LogP contribution in [0.1, 0.15) is 26.5 Å². The smallest absolute Gasteiger partial charge is 0.284 e. The van der Waals surface area contributed by atoms with E-state index in [2.05, 4.69) is 14.9 Å². The van der Waals surface area contributed by atoms with Crippen LogP contribution in [0.3, 0.4) is 0 Å². The highest BCUT2D eigenvalue weighted by molar-refractivity contribution is 7.99. The summed E-state index contributed by atoms with van der Waals surface area (Å²) in [5.41, 5.74) is -0.494. The first-order chi connectivity index (χ1) is 13.5. The van der Waals surface area contributed by atoms with Crippen molar-refractivity contribution in [2.75, 3.05) is 0 Å². The number of furan rings is 1. The molecule has 154 valence electrons. The Morgan fingerprint density at radius 2 is 1.93 bits per heavy atom. The SMILES string of the molecule is Cc1occc1-c1nnc(Sc2ccc(S(=O)(=O)NC(C)(C)C)cc2[N+](=O)[O-])o1. The molecular weight excluding hydrogens is 420 g/mol. The van der Waals surface area contributed by atoms with Gasteiger partial charge in [0.25, 0.3) is 16.8 Å². The standard InChI is InChI=1S/C17H18N4O6S2/c1-10-12(7-8-26-10)15-18-19-16(27-15)28-14-6-5-11(9-13(14)21(22)23)29(24,25)20-17(2,3)4/h5-9,20H,1-4H3. The average Bonchev–Trinajstić information content (AvgIpc) is 3.21. The van der Waals surface area contributed by atoms with Crippen LogP contribution in [0.4, 0.5) is 5.69 Å². The number of nitro groups is 1. The molecule has 0 saturated heterocycles. The first-order valence-corrected chi connectivity index (χ1v) is 10.6. The zero-order chi connectivity index (χ0) is 21.4. The Hall–Kier alpha value is -2.70. The minimum Gasteiger partial charge on any atom is -0.469 e. The minimum atomic E-state index is -3.92. The molecule has 2 aromatic heterocycles. The van der Waals surface area contributed by atoms with E-state index in [9.17, 15) is 18.5 Å². The topological polar surface area (TPSA) is 141 Å². The summed E-state index contributed by atoms with van der Waals surface area (Å²) in [7, 11) is -3.92. The van der Waals surface area contributed by atoms with Crippen LogP contribution in [-0.4, -0.2) is 29.1 Å². The van der Waals surface area contributed by atoms with E-state index in [4.69, 9.17) is 8.83 Å². The van der Waals surface area contributed by atoms with E-state index in [0.717, 1.165) is 17.8 Å². The summed E-state index contributed by atoms with van der Waals surface area (Å²) in [4.78, 5) is 10.8. The van der Waals surface area contributed by atoms with E-state index in [1.165, 1.54) is 18.4 Å². The van der Waals surface area contributed by atoms with Crippen LogP contribution < -0.4 is 4.72 Å². The molecule has 0 unspecified atom stereocenters. The lowest BCUT2D eigenvalue weighted by molar-refractivity contribution is -0.388. The van der Waals surface area contributed by atoms with E-state index in [-0.39, 0.29) is 26.6 Å². The van der Waals surface area contributed by atoms with Gasteiger partial charge >= 0.3 is 0 Å². The van der Waals surface area contributed by atoms with Crippen LogP contribution >= 0.6 is 11.8 Å². The fourth-order valence-electron chi connectivity index (χ4n) is 2.42. The molecule has 0 saturated carbocycles. The number of rotatable bonds is 6. The molecule has 0 aliphatic heterocycles. The van der Waals surface area contributed by atoms with Crippen molar-refractivity contribution in [3.63, 3.8) is 0 Å². The highest BCUT2D eigenvalue weighted by Crippen LogP contribution is 2.37. The van der Waals surface area contributed by atoms with Crippen molar-refractivity contribution >= 4 is 27.5 Å². The third kappa shape index (κ3) is 4.83. The van der Waals surface area contributed by atoms with Gasteiger partial charge in [-0.25, -0.2) is 13.1 Å². The van der Waals surface area contributed by atoms with Gasteiger partial charge in [0, 0.05) is 11.6 Å². The maximum atomic E-state index is 12.5. The van der Waals surface area contributed by atoms with Crippen molar-refractivity contribution in [1.29, 1.82) is 0 Å². The maximum absolute atomic E-state index is 12.5. The molecule has 29 heavy (non-hydrogen) atoms. The van der Waals surface area contributed by atoms with Crippen molar-refractivity contribution < 1.29 is 22.2 Å². The number of nitrogens with one attached hydrogen (secondary N) is 1. The Kier molecular flexibility index (Phi) is 5.52. The molecule has 0 amide bonds. The average molecular weight is 438 g/mol. The lowest BCUT2D eigenvalue weighted by atomic mass is 10.1. The Labute approximate surface area is 170 Å². The molecule has 0 aliphatic carbocycles. The van der Waals surface area contributed by atoms with Crippen molar-refractivity contribution in [3.8, 4) is 11.5 Å². The normalized spacial score (nSPS) is 12.3. The van der Waals surface area contributed by atoms with Crippen molar-refractivity contribution in [3.05, 3.63) is 46.4 Å². The van der Waals surface area contributed by atoms with Crippen LogP contribution in [0, 0.1) is 17.0 Å². The zero-order valence-corrected chi connectivity index (χ0v) is 17.6. The van der Waals surface area contributed by atoms with Gasteiger partial charge in [-0.2, -0.15) is 0 Å². The molecule has 12 heteroatoms. The second kappa shape index (κ2) is 7.61. The second-order valence-electron chi connectivity index (χ2n) is 7.11. The van der Waals surface area contributed by atoms with Crippen molar-refractivity contribution in [1.82, 2.24) is 14.9 Å². The fourth-order valence-corrected chi connectivity index (χ4v) is 4.62. The highest BCUT2D eigenvalue weighted by Gasteiger charge is 2.26. The van der Waals surface area contributed by atoms with E-state index < -0.39 is 20.5 Å². The van der Waals surface area contributed by atoms with Gasteiger partial charge in [0.05, 0.1) is 26.5 Å². The van der Waals surface area contributed by atoms with Gasteiger partial charge in [-0.15, -0.1) is 10.2 Å². The van der Waals surface area contributed by atoms with E-state index >= 15 is 0 Å². The van der Waals surface area contributed by atoms with Crippen molar-refractivity contribution in [2.24, 2.45) is 0 Å². The van der Waals surface area contributed by atoms with Crippen LogP contribution in [0.25, 0.3) is 11.5 Å². The number of hydrogen-bond acceptors (Lipinski definition) is 9. The molecule has 0 spiro atoms. The zero-order valence-electron chi connectivity index (χ0n) is 16.0. The molecule has 1 N–H and O–H groups in total. The number of benzene rings is 1. The van der Waals surface area contributed by atoms with Gasteiger partial charge in [0.2, 0.25) is 10.0 Å². The van der Waals surface area contributed by atoms with E-state index in [1.807, 2.05) is 0 Å². The second-order valence-corrected chi connectivity index (χ2v) is 9.78. The summed E-state index contributed by atoms with van der Waals surface area (Å²) >= 11 is 0.871. The molecule has 0 fully saturated rings. The first kappa shape index (κ1) is 21.0. The predicted octanol–water partition coefficient (Wildman–Crippen LogP) is 3.77. The molecule has 10 nitrogen and oxygen atoms in total. The third-order valence-corrected chi connectivity index (χ3v) is 6.23. The largest absolute Gasteiger partial charge is 0.469 e. The quantitative estimate of drug-likeness (QED) is 0.449. The Morgan fingerprint density at radius 3 is 2.52 bits per heavy atom. The van der Waals surface area contributed by atoms with Crippen LogP contribution in [-0.2, 0) is 10.0 Å². The molecule has 2 heterocycles. The van der Waals surface area contributed by atoms with Crippen LogP contribution in [0.5, 0.6) is 0 Å². The summed E-state index contributed by atoms with van der Waals surface area (Å²) in [6.45, 7) is 6.77. The molecule has 3 rings (SSSR count). The fraction of sp³-hybridized carbons (Fsp3) is 0.294. The molecule has 1 aromatic carbocycles. The number of aromatic nitrogens is 2. The minimum absolute atomic E-state index is 0.0760. The number of nitrogens with zero attached hydrogens (tertiary/aromatic N) is 3. The molecule has 0 radical (unpaired) electrons. The summed E-state index contributed by atoms with van der Waals surface area (Å²) in [6, 6.07) is 5.31. The third-order valence-electron chi connectivity index (χ3n) is 3.57. The molecule has 3 aromatic rings. The van der Waals surface area contributed by atoms with Gasteiger partial charge < -0.3 is 8.83 Å².